The molecule has 13 nitrogen and oxygen atoms in total. The second-order valence-corrected chi connectivity index (χ2v) is 16.0. The molecule has 1 aliphatic heterocycles. The molecule has 1 aromatic heterocycles. The van der Waals surface area contributed by atoms with Crippen LogP contribution in [-0.4, -0.2) is 100.0 Å². The zero-order chi connectivity index (χ0) is 35.9. The molecule has 15 heteroatoms. The SMILES string of the molecule is Cc1nc(CN2CCN([C@H](C(=O)N[C@@H](Cc3ccccc3)[C@@H](O)CN(CC(C)C)S(=O)(=O)c3ccc(C(N)=NO)cc3)C(C)C)C2=O)cs1. The molecule has 0 radical (unpaired) electrons. The van der Waals surface area contributed by atoms with Crippen LogP contribution in [0.25, 0.3) is 0 Å². The molecule has 1 fully saturated rings. The number of aliphatic hydroxyl groups is 1. The van der Waals surface area contributed by atoms with Gasteiger partial charge in [0.25, 0.3) is 0 Å². The van der Waals surface area contributed by atoms with Crippen LogP contribution in [0.5, 0.6) is 0 Å². The fourth-order valence-electron chi connectivity index (χ4n) is 5.92. The second-order valence-electron chi connectivity index (χ2n) is 13.0. The van der Waals surface area contributed by atoms with Gasteiger partial charge in [0.1, 0.15) is 6.04 Å². The van der Waals surface area contributed by atoms with Gasteiger partial charge in [-0.25, -0.2) is 18.2 Å². The summed E-state index contributed by atoms with van der Waals surface area (Å²) in [6.45, 7) is 10.4. The Hall–Kier alpha value is -4.05. The lowest BCUT2D eigenvalue weighted by Crippen LogP contribution is -2.57. The molecule has 1 aliphatic rings. The summed E-state index contributed by atoms with van der Waals surface area (Å²) in [6.07, 6.45) is -1.08. The zero-order valence-corrected chi connectivity index (χ0v) is 30.2. The molecule has 1 saturated heterocycles. The van der Waals surface area contributed by atoms with E-state index in [1.165, 1.54) is 39.9 Å². The van der Waals surface area contributed by atoms with Gasteiger partial charge in [-0.1, -0.05) is 63.2 Å². The Labute approximate surface area is 292 Å². The molecule has 0 bridgehead atoms. The van der Waals surface area contributed by atoms with Crippen LogP contribution in [-0.2, 0) is 27.8 Å². The molecular weight excluding hydrogens is 667 g/mol. The number of aliphatic hydroxyl groups excluding tert-OH is 1. The van der Waals surface area contributed by atoms with Crippen molar-refractivity contribution in [1.29, 1.82) is 0 Å². The minimum absolute atomic E-state index is 0.0248. The zero-order valence-electron chi connectivity index (χ0n) is 28.6. The van der Waals surface area contributed by atoms with Crippen molar-refractivity contribution in [3.8, 4) is 0 Å². The molecule has 0 unspecified atom stereocenters. The van der Waals surface area contributed by atoms with Crippen LogP contribution in [0, 0.1) is 18.8 Å². The molecule has 2 heterocycles. The lowest BCUT2D eigenvalue weighted by atomic mass is 9.97. The van der Waals surface area contributed by atoms with Gasteiger partial charge in [-0.05, 0) is 55.0 Å². The summed E-state index contributed by atoms with van der Waals surface area (Å²) in [6, 6.07) is 13.0. The van der Waals surface area contributed by atoms with E-state index in [0.717, 1.165) is 16.3 Å². The first-order valence-electron chi connectivity index (χ1n) is 16.3. The van der Waals surface area contributed by atoms with Gasteiger partial charge < -0.3 is 31.2 Å². The molecule has 266 valence electrons. The average molecular weight is 714 g/mol. The number of rotatable bonds is 16. The number of benzene rings is 2. The summed E-state index contributed by atoms with van der Waals surface area (Å²) in [4.78, 5) is 35.3. The van der Waals surface area contributed by atoms with Crippen molar-refractivity contribution in [2.45, 2.75) is 70.7 Å². The highest BCUT2D eigenvalue weighted by Gasteiger charge is 2.40. The molecule has 0 aliphatic carbocycles. The smallest absolute Gasteiger partial charge is 0.321 e. The van der Waals surface area contributed by atoms with Crippen molar-refractivity contribution in [1.82, 2.24) is 24.4 Å². The number of oxime groups is 1. The second kappa shape index (κ2) is 16.6. The van der Waals surface area contributed by atoms with Crippen LogP contribution in [0.4, 0.5) is 4.79 Å². The summed E-state index contributed by atoms with van der Waals surface area (Å²) < 4.78 is 29.0. The highest BCUT2D eigenvalue weighted by Crippen LogP contribution is 2.23. The number of carbonyl (C=O) groups is 2. The van der Waals surface area contributed by atoms with E-state index in [4.69, 9.17) is 10.9 Å². The Kier molecular flexibility index (Phi) is 12.8. The molecular formula is C34H47N7O6S2. The molecule has 0 spiro atoms. The lowest BCUT2D eigenvalue weighted by Gasteiger charge is -2.34. The highest BCUT2D eigenvalue weighted by atomic mass is 32.2. The van der Waals surface area contributed by atoms with Crippen molar-refractivity contribution in [2.75, 3.05) is 26.2 Å². The first-order chi connectivity index (χ1) is 23.2. The number of thiazole rings is 1. The Bertz CT molecular complexity index is 1700. The first-order valence-corrected chi connectivity index (χ1v) is 18.6. The van der Waals surface area contributed by atoms with E-state index in [1.807, 2.05) is 70.3 Å². The van der Waals surface area contributed by atoms with Crippen molar-refractivity contribution in [3.63, 3.8) is 0 Å². The number of amides is 3. The Morgan fingerprint density at radius 1 is 1.08 bits per heavy atom. The first kappa shape index (κ1) is 37.8. The van der Waals surface area contributed by atoms with Crippen LogP contribution < -0.4 is 11.1 Å². The number of amidine groups is 1. The molecule has 4 rings (SSSR count). The molecule has 5 N–H and O–H groups in total. The van der Waals surface area contributed by atoms with Gasteiger partial charge >= 0.3 is 6.03 Å². The fourth-order valence-corrected chi connectivity index (χ4v) is 8.15. The number of nitrogens with two attached hydrogens (primary N) is 1. The number of sulfonamides is 1. The van der Waals surface area contributed by atoms with Crippen LogP contribution in [0.1, 0.15) is 49.5 Å². The number of hydrogen-bond donors (Lipinski definition) is 4. The predicted molar refractivity (Wildman–Crippen MR) is 189 cm³/mol. The van der Waals surface area contributed by atoms with Crippen molar-refractivity contribution in [3.05, 3.63) is 81.8 Å². The maximum absolute atomic E-state index is 14.1. The van der Waals surface area contributed by atoms with E-state index >= 15 is 0 Å². The van der Waals surface area contributed by atoms with E-state index in [2.05, 4.69) is 15.5 Å². The lowest BCUT2D eigenvalue weighted by molar-refractivity contribution is -0.128. The number of aromatic nitrogens is 1. The standard InChI is InChI=1S/C34H47N7O6S2/c1-22(2)18-40(49(46,47)28-13-11-26(12-14-28)32(35)38-45)20-30(42)29(17-25-9-7-6-8-10-25)37-33(43)31(23(3)4)41-16-15-39(34(41)44)19-27-21-48-24(5)36-27/h6-14,21-23,29-31,42,45H,15-20H2,1-5H3,(H2,35,38)(H,37,43)/t29-,30-,31-/m0/s1. The molecule has 3 aromatic rings. The minimum atomic E-state index is -4.10. The molecule has 2 aromatic carbocycles. The van der Waals surface area contributed by atoms with E-state index < -0.39 is 34.1 Å². The number of carbonyl (C=O) groups excluding carboxylic acids is 2. The van der Waals surface area contributed by atoms with Crippen LogP contribution in [0.15, 0.2) is 70.0 Å². The monoisotopic (exact) mass is 713 g/mol. The van der Waals surface area contributed by atoms with Crippen molar-refractivity contribution >= 4 is 39.1 Å². The summed E-state index contributed by atoms with van der Waals surface area (Å²) in [5.41, 5.74) is 7.64. The summed E-state index contributed by atoms with van der Waals surface area (Å²) in [5, 5.41) is 29.5. The van der Waals surface area contributed by atoms with Gasteiger partial charge in [0.05, 0.1) is 34.3 Å². The van der Waals surface area contributed by atoms with Gasteiger partial charge in [-0.3, -0.25) is 4.79 Å². The number of urea groups is 1. The predicted octanol–water partition coefficient (Wildman–Crippen LogP) is 3.24. The van der Waals surface area contributed by atoms with E-state index in [-0.39, 0.29) is 48.1 Å². The van der Waals surface area contributed by atoms with E-state index in [9.17, 15) is 23.1 Å². The Balaban J connectivity index is 1.57. The van der Waals surface area contributed by atoms with Crippen molar-refractivity contribution in [2.24, 2.45) is 22.7 Å². The Morgan fingerprint density at radius 2 is 1.76 bits per heavy atom. The largest absolute Gasteiger partial charge is 0.409 e. The maximum atomic E-state index is 14.1. The van der Waals surface area contributed by atoms with Gasteiger partial charge in [-0.15, -0.1) is 11.3 Å². The number of nitrogens with one attached hydrogen (secondary N) is 1. The third-order valence-electron chi connectivity index (χ3n) is 8.33. The van der Waals surface area contributed by atoms with Crippen LogP contribution in [0.2, 0.25) is 0 Å². The quantitative estimate of drug-likeness (QED) is 0.0756. The summed E-state index contributed by atoms with van der Waals surface area (Å²) in [5.74, 6) is -0.906. The number of nitrogens with zero attached hydrogens (tertiary/aromatic N) is 5. The minimum Gasteiger partial charge on any atom is -0.409 e. The maximum Gasteiger partial charge on any atom is 0.321 e. The van der Waals surface area contributed by atoms with Crippen LogP contribution in [0.3, 0.4) is 0 Å². The third-order valence-corrected chi connectivity index (χ3v) is 11.0. The summed E-state index contributed by atoms with van der Waals surface area (Å²) >= 11 is 1.52. The molecule has 3 atom stereocenters. The molecule has 3 amide bonds. The number of hydrogen-bond acceptors (Lipinski definition) is 9. The van der Waals surface area contributed by atoms with Crippen LogP contribution >= 0.6 is 11.3 Å². The normalized spacial score (nSPS) is 16.1. The summed E-state index contributed by atoms with van der Waals surface area (Å²) in [7, 11) is -4.10. The van der Waals surface area contributed by atoms with Gasteiger partial charge in [0.15, 0.2) is 5.84 Å². The van der Waals surface area contributed by atoms with E-state index in [0.29, 0.717) is 25.2 Å². The molecule has 0 saturated carbocycles. The molecule has 49 heavy (non-hydrogen) atoms. The van der Waals surface area contributed by atoms with Crippen molar-refractivity contribution < 1.29 is 28.3 Å². The van der Waals surface area contributed by atoms with Gasteiger partial charge in [-0.2, -0.15) is 4.31 Å². The van der Waals surface area contributed by atoms with Gasteiger partial charge in [0.2, 0.25) is 15.9 Å². The van der Waals surface area contributed by atoms with E-state index in [1.54, 1.807) is 9.80 Å². The number of aryl methyl sites for hydroxylation is 1. The Morgan fingerprint density at radius 3 is 2.33 bits per heavy atom. The highest BCUT2D eigenvalue weighted by molar-refractivity contribution is 7.89. The average Bonchev–Trinajstić information content (AvgIpc) is 3.64. The topological polar surface area (TPSA) is 182 Å². The van der Waals surface area contributed by atoms with Gasteiger partial charge in [0, 0.05) is 37.1 Å². The third kappa shape index (κ3) is 9.56. The fraction of sp³-hybridized carbons (Fsp3) is 0.471.